The van der Waals surface area contributed by atoms with Crippen LogP contribution in [0.25, 0.3) is 0 Å². The molecule has 0 bridgehead atoms. The van der Waals surface area contributed by atoms with Crippen molar-refractivity contribution in [1.82, 2.24) is 5.32 Å². The maximum Gasteiger partial charge on any atom is 0.348 e. The molecule has 1 N–H and O–H groups in total. The molecule has 1 atom stereocenters. The van der Waals surface area contributed by atoms with Gasteiger partial charge in [0, 0.05) is 16.4 Å². The maximum atomic E-state index is 12.2. The van der Waals surface area contributed by atoms with Gasteiger partial charge in [-0.05, 0) is 60.9 Å². The molecule has 0 saturated carbocycles. The maximum absolute atomic E-state index is 12.2. The highest BCUT2D eigenvalue weighted by molar-refractivity contribution is 7.14. The summed E-state index contributed by atoms with van der Waals surface area (Å²) >= 11 is 7.34. The van der Waals surface area contributed by atoms with Crippen LogP contribution in [0, 0.1) is 5.92 Å². The zero-order valence-corrected chi connectivity index (χ0v) is 16.3. The van der Waals surface area contributed by atoms with Crippen molar-refractivity contribution in [3.63, 3.8) is 0 Å². The van der Waals surface area contributed by atoms with E-state index in [1.54, 1.807) is 0 Å². The minimum Gasteiger partial charge on any atom is -0.451 e. The first-order valence-electron chi connectivity index (χ1n) is 8.81. The molecule has 0 aliphatic heterocycles. The van der Waals surface area contributed by atoms with Gasteiger partial charge in [0.05, 0.1) is 0 Å². The Morgan fingerprint density at radius 1 is 1.31 bits per heavy atom. The van der Waals surface area contributed by atoms with Crippen LogP contribution < -0.4 is 5.32 Å². The molecule has 0 saturated heterocycles. The topological polar surface area (TPSA) is 55.4 Å². The quantitative estimate of drug-likeness (QED) is 0.756. The third-order valence-electron chi connectivity index (χ3n) is 4.51. The van der Waals surface area contributed by atoms with Crippen molar-refractivity contribution >= 4 is 34.8 Å². The van der Waals surface area contributed by atoms with Crippen molar-refractivity contribution in [3.8, 4) is 0 Å². The van der Waals surface area contributed by atoms with Crippen LogP contribution >= 0.6 is 22.9 Å². The van der Waals surface area contributed by atoms with E-state index in [1.807, 2.05) is 30.3 Å². The molecule has 1 aromatic heterocycles. The number of thiophene rings is 1. The fraction of sp³-hybridized carbons (Fsp3) is 0.400. The first-order chi connectivity index (χ1) is 12.5. The number of carbonyl (C=O) groups excluding carboxylic acids is 2. The molecular formula is C20H22ClNO3S. The van der Waals surface area contributed by atoms with Gasteiger partial charge in [0.25, 0.3) is 5.91 Å². The van der Waals surface area contributed by atoms with Crippen molar-refractivity contribution < 1.29 is 14.3 Å². The Morgan fingerprint density at radius 2 is 2.08 bits per heavy atom. The van der Waals surface area contributed by atoms with Gasteiger partial charge in [-0.25, -0.2) is 4.79 Å². The second kappa shape index (κ2) is 8.69. The molecule has 4 nitrogen and oxygen atoms in total. The number of halogens is 1. The first kappa shape index (κ1) is 18.9. The summed E-state index contributed by atoms with van der Waals surface area (Å²) in [6, 6.07) is 9.42. The predicted octanol–water partition coefficient (Wildman–Crippen LogP) is 4.04. The Kier molecular flexibility index (Phi) is 6.33. The number of hydrogen-bond donors (Lipinski definition) is 1. The molecule has 1 amide bonds. The van der Waals surface area contributed by atoms with Crippen LogP contribution in [0.1, 0.15) is 39.0 Å². The van der Waals surface area contributed by atoms with Crippen molar-refractivity contribution in [2.75, 3.05) is 13.2 Å². The van der Waals surface area contributed by atoms with E-state index < -0.39 is 5.97 Å². The van der Waals surface area contributed by atoms with Crippen LogP contribution in [0.5, 0.6) is 0 Å². The summed E-state index contributed by atoms with van der Waals surface area (Å²) in [5.41, 5.74) is 2.35. The predicted molar refractivity (Wildman–Crippen MR) is 104 cm³/mol. The minimum atomic E-state index is -0.412. The van der Waals surface area contributed by atoms with Crippen LogP contribution in [0.3, 0.4) is 0 Å². The SMILES string of the molecule is C[C@@H]1CCc2sc(C(=O)OCC(=O)NCCc3ccc(Cl)cc3)cc2C1. The Hall–Kier alpha value is -1.85. The number of amides is 1. The standard InChI is InChI=1S/C20H22ClNO3S/c1-13-2-7-17-15(10-13)11-18(26-17)20(24)25-12-19(23)22-9-8-14-3-5-16(21)6-4-14/h3-6,11,13H,2,7-10,12H2,1H3,(H,22,23)/t13-/m1/s1. The highest BCUT2D eigenvalue weighted by Crippen LogP contribution is 2.32. The number of benzene rings is 1. The summed E-state index contributed by atoms with van der Waals surface area (Å²) in [4.78, 5) is 25.9. The molecule has 26 heavy (non-hydrogen) atoms. The summed E-state index contributed by atoms with van der Waals surface area (Å²) in [7, 11) is 0. The smallest absolute Gasteiger partial charge is 0.348 e. The molecule has 1 aromatic carbocycles. The van der Waals surface area contributed by atoms with Crippen molar-refractivity contribution in [2.24, 2.45) is 5.92 Å². The lowest BCUT2D eigenvalue weighted by Crippen LogP contribution is -2.30. The van der Waals surface area contributed by atoms with Crippen LogP contribution in [-0.2, 0) is 28.8 Å². The van der Waals surface area contributed by atoms with Gasteiger partial charge in [-0.1, -0.05) is 30.7 Å². The summed E-state index contributed by atoms with van der Waals surface area (Å²) in [5, 5.41) is 3.45. The van der Waals surface area contributed by atoms with E-state index in [-0.39, 0.29) is 12.5 Å². The molecule has 0 unspecified atom stereocenters. The summed E-state index contributed by atoms with van der Waals surface area (Å²) in [6.07, 6.45) is 3.91. The summed E-state index contributed by atoms with van der Waals surface area (Å²) < 4.78 is 5.15. The van der Waals surface area contributed by atoms with Gasteiger partial charge in [-0.15, -0.1) is 11.3 Å². The van der Waals surface area contributed by atoms with Crippen molar-refractivity contribution in [1.29, 1.82) is 0 Å². The fourth-order valence-corrected chi connectivity index (χ4v) is 4.29. The molecular weight excluding hydrogens is 370 g/mol. The number of aryl methyl sites for hydroxylation is 1. The monoisotopic (exact) mass is 391 g/mol. The van der Waals surface area contributed by atoms with Crippen molar-refractivity contribution in [2.45, 2.75) is 32.6 Å². The molecule has 1 heterocycles. The minimum absolute atomic E-state index is 0.252. The lowest BCUT2D eigenvalue weighted by Gasteiger charge is -2.16. The summed E-state index contributed by atoms with van der Waals surface area (Å²) in [6.45, 7) is 2.47. The van der Waals surface area contributed by atoms with Gasteiger partial charge >= 0.3 is 5.97 Å². The average Bonchev–Trinajstić information content (AvgIpc) is 3.04. The van der Waals surface area contributed by atoms with E-state index in [0.717, 1.165) is 24.8 Å². The average molecular weight is 392 g/mol. The number of fused-ring (bicyclic) bond motifs is 1. The van der Waals surface area contributed by atoms with Gasteiger partial charge in [0.15, 0.2) is 6.61 Å². The highest BCUT2D eigenvalue weighted by Gasteiger charge is 2.21. The molecule has 1 aliphatic carbocycles. The van der Waals surface area contributed by atoms with Gasteiger partial charge in [-0.3, -0.25) is 4.79 Å². The third-order valence-corrected chi connectivity index (χ3v) is 5.98. The van der Waals surface area contributed by atoms with E-state index in [9.17, 15) is 9.59 Å². The van der Waals surface area contributed by atoms with Crippen molar-refractivity contribution in [3.05, 3.63) is 56.2 Å². The van der Waals surface area contributed by atoms with E-state index in [4.69, 9.17) is 16.3 Å². The second-order valence-electron chi connectivity index (χ2n) is 6.71. The Bertz CT molecular complexity index is 785. The molecule has 1 aliphatic rings. The van der Waals surface area contributed by atoms with Crippen LogP contribution in [0.4, 0.5) is 0 Å². The van der Waals surface area contributed by atoms with E-state index in [0.29, 0.717) is 28.8 Å². The Labute approximate surface area is 162 Å². The Morgan fingerprint density at radius 3 is 2.85 bits per heavy atom. The van der Waals surface area contributed by atoms with Crippen LogP contribution in [-0.4, -0.2) is 25.0 Å². The molecule has 3 rings (SSSR count). The highest BCUT2D eigenvalue weighted by atomic mass is 35.5. The zero-order chi connectivity index (χ0) is 18.5. The van der Waals surface area contributed by atoms with Crippen LogP contribution in [0.2, 0.25) is 5.02 Å². The first-order valence-corrected chi connectivity index (χ1v) is 10.0. The zero-order valence-electron chi connectivity index (χ0n) is 14.7. The van der Waals surface area contributed by atoms with Crippen LogP contribution in [0.15, 0.2) is 30.3 Å². The normalized spacial score (nSPS) is 16.0. The largest absolute Gasteiger partial charge is 0.451 e. The van der Waals surface area contributed by atoms with E-state index in [2.05, 4.69) is 12.2 Å². The molecule has 2 aromatic rings. The van der Waals surface area contributed by atoms with Gasteiger partial charge in [-0.2, -0.15) is 0 Å². The third kappa shape index (κ3) is 5.08. The number of ether oxygens (including phenoxy) is 1. The molecule has 138 valence electrons. The second-order valence-corrected chi connectivity index (χ2v) is 8.28. The van der Waals surface area contributed by atoms with Gasteiger partial charge in [0.2, 0.25) is 0 Å². The number of hydrogen-bond acceptors (Lipinski definition) is 4. The van der Waals surface area contributed by atoms with Gasteiger partial charge < -0.3 is 10.1 Å². The lowest BCUT2D eigenvalue weighted by atomic mass is 9.90. The van der Waals surface area contributed by atoms with Gasteiger partial charge in [0.1, 0.15) is 4.88 Å². The fourth-order valence-electron chi connectivity index (χ4n) is 3.06. The molecule has 0 radical (unpaired) electrons. The molecule has 0 spiro atoms. The molecule has 0 fully saturated rings. The molecule has 6 heteroatoms. The number of esters is 1. The number of rotatable bonds is 6. The summed E-state index contributed by atoms with van der Waals surface area (Å²) in [5.74, 6) is -0.0421. The Balaban J connectivity index is 1.41. The number of carbonyl (C=O) groups is 2. The lowest BCUT2D eigenvalue weighted by molar-refractivity contribution is -0.124. The van der Waals surface area contributed by atoms with E-state index >= 15 is 0 Å². The van der Waals surface area contributed by atoms with E-state index in [1.165, 1.54) is 21.8 Å². The number of nitrogens with one attached hydrogen (secondary N) is 1.